The van der Waals surface area contributed by atoms with Crippen molar-refractivity contribution in [2.45, 2.75) is 63.6 Å². The molecule has 39 heavy (non-hydrogen) atoms. The van der Waals surface area contributed by atoms with E-state index >= 15 is 4.39 Å². The number of benzene rings is 3. The van der Waals surface area contributed by atoms with Gasteiger partial charge in [-0.05, 0) is 66.2 Å². The van der Waals surface area contributed by atoms with Gasteiger partial charge in [0.05, 0.1) is 12.8 Å². The molecule has 0 aromatic heterocycles. The van der Waals surface area contributed by atoms with Crippen molar-refractivity contribution in [3.05, 3.63) is 77.4 Å². The smallest absolute Gasteiger partial charge is 0.264 e. The van der Waals surface area contributed by atoms with Gasteiger partial charge in [0.25, 0.3) is 10.0 Å². The molecule has 0 aliphatic heterocycles. The Morgan fingerprint density at radius 1 is 0.974 bits per heavy atom. The van der Waals surface area contributed by atoms with Crippen molar-refractivity contribution < 1.29 is 32.1 Å². The maximum absolute atomic E-state index is 15.6. The number of halogens is 2. The van der Waals surface area contributed by atoms with Crippen LogP contribution in [0.2, 0.25) is 0 Å². The van der Waals surface area contributed by atoms with Crippen molar-refractivity contribution >= 4 is 15.7 Å². The Labute approximate surface area is 228 Å². The second kappa shape index (κ2) is 11.2. The Bertz CT molecular complexity index is 1420. The van der Waals surface area contributed by atoms with Crippen LogP contribution in [0, 0.1) is 23.0 Å². The number of nitrogens with one attached hydrogen (secondary N) is 1. The molecule has 1 aliphatic rings. The first kappa shape index (κ1) is 29.0. The number of sulfonamides is 1. The molecular formula is C30H35F2NO5S. The Morgan fingerprint density at radius 3 is 2.18 bits per heavy atom. The maximum atomic E-state index is 15.6. The fourth-order valence-electron chi connectivity index (χ4n) is 5.38. The van der Waals surface area contributed by atoms with Gasteiger partial charge in [0.2, 0.25) is 0 Å². The van der Waals surface area contributed by atoms with Gasteiger partial charge < -0.3 is 14.9 Å². The molecule has 0 unspecified atom stereocenters. The summed E-state index contributed by atoms with van der Waals surface area (Å²) in [5.74, 6) is -1.01. The van der Waals surface area contributed by atoms with Crippen LogP contribution in [0.25, 0.3) is 11.1 Å². The lowest BCUT2D eigenvalue weighted by Crippen LogP contribution is -2.25. The van der Waals surface area contributed by atoms with E-state index in [-0.39, 0.29) is 17.0 Å². The summed E-state index contributed by atoms with van der Waals surface area (Å²) in [6.07, 6.45) is 2.45. The normalized spacial score (nSPS) is 18.3. The molecule has 0 bridgehead atoms. The van der Waals surface area contributed by atoms with Crippen molar-refractivity contribution in [2.24, 2.45) is 11.3 Å². The highest BCUT2D eigenvalue weighted by atomic mass is 32.2. The summed E-state index contributed by atoms with van der Waals surface area (Å²) in [4.78, 5) is -0.613. The van der Waals surface area contributed by atoms with Crippen LogP contribution in [0.3, 0.4) is 0 Å². The van der Waals surface area contributed by atoms with Gasteiger partial charge in [-0.3, -0.25) is 4.72 Å². The SMILES string of the molecule is COc1cc(C(O)O)c(F)cc1NS(=O)(=O)c1cccc(-c2ccc(C3CCC(C(C)(C)C)CC3)cc2)c1F. The van der Waals surface area contributed by atoms with E-state index in [4.69, 9.17) is 4.74 Å². The van der Waals surface area contributed by atoms with E-state index in [1.807, 2.05) is 24.3 Å². The van der Waals surface area contributed by atoms with Gasteiger partial charge in [0, 0.05) is 17.2 Å². The van der Waals surface area contributed by atoms with Crippen LogP contribution in [0.15, 0.2) is 59.5 Å². The van der Waals surface area contributed by atoms with E-state index in [9.17, 15) is 23.0 Å². The second-order valence-corrected chi connectivity index (χ2v) is 12.9. The number of methoxy groups -OCH3 is 1. The molecule has 4 rings (SSSR count). The van der Waals surface area contributed by atoms with E-state index < -0.39 is 38.4 Å². The van der Waals surface area contributed by atoms with Gasteiger partial charge in [-0.1, -0.05) is 57.2 Å². The van der Waals surface area contributed by atoms with Crippen molar-refractivity contribution in [1.29, 1.82) is 0 Å². The molecule has 6 nitrogen and oxygen atoms in total. The average Bonchev–Trinajstić information content (AvgIpc) is 2.88. The third-order valence-corrected chi connectivity index (χ3v) is 9.12. The van der Waals surface area contributed by atoms with Gasteiger partial charge in [-0.2, -0.15) is 0 Å². The molecule has 210 valence electrons. The van der Waals surface area contributed by atoms with E-state index in [0.717, 1.165) is 31.0 Å². The van der Waals surface area contributed by atoms with Gasteiger partial charge in [-0.15, -0.1) is 0 Å². The topological polar surface area (TPSA) is 95.9 Å². The van der Waals surface area contributed by atoms with Crippen molar-refractivity contribution in [2.75, 3.05) is 11.8 Å². The summed E-state index contributed by atoms with van der Waals surface area (Å²) < 4.78 is 63.4. The zero-order chi connectivity index (χ0) is 28.5. The highest BCUT2D eigenvalue weighted by Crippen LogP contribution is 2.43. The number of hydrogen-bond acceptors (Lipinski definition) is 5. The molecule has 0 amide bonds. The molecule has 0 saturated heterocycles. The molecule has 1 fully saturated rings. The monoisotopic (exact) mass is 559 g/mol. The third kappa shape index (κ3) is 6.26. The minimum atomic E-state index is -4.50. The molecule has 0 atom stereocenters. The lowest BCUT2D eigenvalue weighted by atomic mass is 9.68. The van der Waals surface area contributed by atoms with Crippen LogP contribution < -0.4 is 9.46 Å². The zero-order valence-corrected chi connectivity index (χ0v) is 23.4. The van der Waals surface area contributed by atoms with E-state index in [0.29, 0.717) is 22.8 Å². The predicted octanol–water partition coefficient (Wildman–Crippen LogP) is 6.74. The average molecular weight is 560 g/mol. The molecule has 0 radical (unpaired) electrons. The van der Waals surface area contributed by atoms with Crippen LogP contribution >= 0.6 is 0 Å². The first-order valence-electron chi connectivity index (χ1n) is 13.0. The van der Waals surface area contributed by atoms with Crippen LogP contribution in [-0.4, -0.2) is 25.7 Å². The largest absolute Gasteiger partial charge is 0.495 e. The van der Waals surface area contributed by atoms with Crippen molar-refractivity contribution in [3.63, 3.8) is 0 Å². The minimum absolute atomic E-state index is 0.123. The van der Waals surface area contributed by atoms with E-state index in [1.165, 1.54) is 37.6 Å². The Morgan fingerprint density at radius 2 is 1.62 bits per heavy atom. The number of hydrogen-bond donors (Lipinski definition) is 3. The highest BCUT2D eigenvalue weighted by molar-refractivity contribution is 7.92. The van der Waals surface area contributed by atoms with Crippen LogP contribution in [-0.2, 0) is 10.0 Å². The molecule has 3 aromatic rings. The number of aliphatic hydroxyl groups excluding tert-OH is 1. The Balaban J connectivity index is 1.57. The maximum Gasteiger partial charge on any atom is 0.264 e. The summed E-state index contributed by atoms with van der Waals surface area (Å²) >= 11 is 0. The van der Waals surface area contributed by atoms with Crippen LogP contribution in [0.4, 0.5) is 14.5 Å². The van der Waals surface area contributed by atoms with Crippen LogP contribution in [0.1, 0.15) is 69.8 Å². The van der Waals surface area contributed by atoms with E-state index in [2.05, 4.69) is 25.5 Å². The van der Waals surface area contributed by atoms with Crippen molar-refractivity contribution in [1.82, 2.24) is 0 Å². The first-order chi connectivity index (χ1) is 18.3. The fourth-order valence-corrected chi connectivity index (χ4v) is 6.55. The van der Waals surface area contributed by atoms with Crippen LogP contribution in [0.5, 0.6) is 5.75 Å². The van der Waals surface area contributed by atoms with Gasteiger partial charge in [-0.25, -0.2) is 17.2 Å². The summed E-state index contributed by atoms with van der Waals surface area (Å²) in [6, 6.07) is 13.4. The standard InChI is InChI=1S/C30H35F2NO5S/c1-30(2,3)21-14-12-19(13-15-21)18-8-10-20(11-9-18)22-6-5-7-27(28(22)32)39(36,37)33-25-17-24(31)23(29(34)35)16-26(25)38-4/h5-11,16-17,19,21,29,33-35H,12-15H2,1-4H3. The zero-order valence-electron chi connectivity index (χ0n) is 22.5. The molecule has 0 spiro atoms. The molecule has 1 saturated carbocycles. The number of rotatable bonds is 7. The number of anilines is 1. The van der Waals surface area contributed by atoms with Crippen molar-refractivity contribution in [3.8, 4) is 16.9 Å². The van der Waals surface area contributed by atoms with Gasteiger partial charge >= 0.3 is 0 Å². The molecule has 9 heteroatoms. The second-order valence-electron chi connectivity index (χ2n) is 11.2. The Kier molecular flexibility index (Phi) is 8.35. The van der Waals surface area contributed by atoms with Gasteiger partial charge in [0.1, 0.15) is 16.5 Å². The summed E-state index contributed by atoms with van der Waals surface area (Å²) in [5.41, 5.74) is 1.36. The Hall–Kier alpha value is -3.01. The molecule has 3 aromatic carbocycles. The lowest BCUT2D eigenvalue weighted by Gasteiger charge is -2.37. The molecule has 3 N–H and O–H groups in total. The molecule has 0 heterocycles. The lowest BCUT2D eigenvalue weighted by molar-refractivity contribution is -0.0450. The first-order valence-corrected chi connectivity index (χ1v) is 14.5. The predicted molar refractivity (Wildman–Crippen MR) is 147 cm³/mol. The number of ether oxygens (including phenoxy) is 1. The molecular weight excluding hydrogens is 524 g/mol. The summed E-state index contributed by atoms with van der Waals surface area (Å²) in [6.45, 7) is 6.87. The number of aliphatic hydroxyl groups is 2. The summed E-state index contributed by atoms with van der Waals surface area (Å²) in [5, 5.41) is 18.6. The van der Waals surface area contributed by atoms with Gasteiger partial charge in [0.15, 0.2) is 12.1 Å². The summed E-state index contributed by atoms with van der Waals surface area (Å²) in [7, 11) is -3.29. The van der Waals surface area contributed by atoms with E-state index in [1.54, 1.807) is 0 Å². The third-order valence-electron chi connectivity index (χ3n) is 7.74. The molecule has 1 aliphatic carbocycles. The quantitative estimate of drug-likeness (QED) is 0.279. The minimum Gasteiger partial charge on any atom is -0.495 e. The fraction of sp³-hybridized carbons (Fsp3) is 0.400. The highest BCUT2D eigenvalue weighted by Gasteiger charge is 2.30.